The molecular formula is C16H26O3. The van der Waals surface area contributed by atoms with Crippen molar-refractivity contribution >= 4 is 5.97 Å². The maximum atomic E-state index is 10.2. The van der Waals surface area contributed by atoms with E-state index >= 15 is 0 Å². The Morgan fingerprint density at radius 2 is 1.95 bits per heavy atom. The summed E-state index contributed by atoms with van der Waals surface area (Å²) in [5, 5.41) is 8.38. The van der Waals surface area contributed by atoms with Gasteiger partial charge in [-0.1, -0.05) is 38.3 Å². The van der Waals surface area contributed by atoms with Crippen molar-refractivity contribution in [3.63, 3.8) is 0 Å². The fourth-order valence-electron chi connectivity index (χ4n) is 1.50. The molecule has 0 unspecified atom stereocenters. The van der Waals surface area contributed by atoms with E-state index < -0.39 is 5.97 Å². The van der Waals surface area contributed by atoms with Crippen molar-refractivity contribution in [1.29, 1.82) is 0 Å². The second-order valence-corrected chi connectivity index (χ2v) is 4.36. The van der Waals surface area contributed by atoms with Gasteiger partial charge in [-0.05, 0) is 31.4 Å². The number of unbranched alkanes of at least 4 members (excludes halogenated alkanes) is 4. The van der Waals surface area contributed by atoms with Gasteiger partial charge in [-0.15, -0.1) is 5.73 Å². The minimum absolute atomic E-state index is 0.0112. The van der Waals surface area contributed by atoms with Crippen LogP contribution in [0.4, 0.5) is 0 Å². The molecule has 1 N–H and O–H groups in total. The molecule has 0 atom stereocenters. The third-order valence-corrected chi connectivity index (χ3v) is 2.53. The molecule has 0 aromatic heterocycles. The SMILES string of the molecule is CCCCCC/C=C\CCOCC=C=CCC(=O)O. The van der Waals surface area contributed by atoms with Crippen molar-refractivity contribution in [3.05, 3.63) is 30.0 Å². The summed E-state index contributed by atoms with van der Waals surface area (Å²) in [6.45, 7) is 3.40. The third kappa shape index (κ3) is 16.7. The zero-order chi connectivity index (χ0) is 14.2. The molecule has 0 radical (unpaired) electrons. The second kappa shape index (κ2) is 14.7. The van der Waals surface area contributed by atoms with Crippen molar-refractivity contribution in [2.45, 2.75) is 51.9 Å². The van der Waals surface area contributed by atoms with Crippen molar-refractivity contribution in [3.8, 4) is 0 Å². The quantitative estimate of drug-likeness (QED) is 0.328. The lowest BCUT2D eigenvalue weighted by atomic mass is 10.1. The Morgan fingerprint density at radius 1 is 1.16 bits per heavy atom. The van der Waals surface area contributed by atoms with Crippen LogP contribution in [0, 0.1) is 0 Å². The number of rotatable bonds is 12. The minimum Gasteiger partial charge on any atom is -0.481 e. The van der Waals surface area contributed by atoms with Gasteiger partial charge in [-0.3, -0.25) is 4.79 Å². The highest BCUT2D eigenvalue weighted by Gasteiger charge is 1.87. The van der Waals surface area contributed by atoms with Crippen molar-refractivity contribution < 1.29 is 14.6 Å². The maximum absolute atomic E-state index is 10.2. The molecule has 19 heavy (non-hydrogen) atoms. The fourth-order valence-corrected chi connectivity index (χ4v) is 1.50. The van der Waals surface area contributed by atoms with Gasteiger partial charge in [0.25, 0.3) is 0 Å². The van der Waals surface area contributed by atoms with E-state index in [-0.39, 0.29) is 6.42 Å². The molecule has 0 aromatic rings. The molecule has 3 heteroatoms. The predicted octanol–water partition coefficient (Wildman–Crippen LogP) is 4.11. The van der Waals surface area contributed by atoms with Crippen LogP contribution in [0.3, 0.4) is 0 Å². The van der Waals surface area contributed by atoms with E-state index in [1.165, 1.54) is 31.8 Å². The standard InChI is InChI=1S/C16H26O3/c1-2-3-4-5-6-7-8-11-14-19-15-12-9-10-13-16(17)18/h7-8,10,12H,2-6,11,13-15H2,1H3,(H,17,18)/b8-7-. The molecule has 0 aromatic carbocycles. The highest BCUT2D eigenvalue weighted by Crippen LogP contribution is 2.03. The molecule has 0 bridgehead atoms. The minimum atomic E-state index is -0.842. The molecule has 0 heterocycles. The number of aliphatic carboxylic acids is 1. The normalized spacial score (nSPS) is 10.4. The number of allylic oxidation sites excluding steroid dienone is 1. The summed E-state index contributed by atoms with van der Waals surface area (Å²) in [5.74, 6) is -0.842. The first-order valence-electron chi connectivity index (χ1n) is 7.11. The van der Waals surface area contributed by atoms with E-state index in [4.69, 9.17) is 9.84 Å². The highest BCUT2D eigenvalue weighted by atomic mass is 16.5. The van der Waals surface area contributed by atoms with Crippen molar-refractivity contribution in [2.24, 2.45) is 0 Å². The monoisotopic (exact) mass is 266 g/mol. The molecule has 0 spiro atoms. The van der Waals surface area contributed by atoms with Gasteiger partial charge >= 0.3 is 5.97 Å². The molecule has 0 aliphatic heterocycles. The highest BCUT2D eigenvalue weighted by molar-refractivity contribution is 5.68. The Kier molecular flexibility index (Phi) is 13.7. The van der Waals surface area contributed by atoms with Gasteiger partial charge in [0.2, 0.25) is 0 Å². The summed E-state index contributed by atoms with van der Waals surface area (Å²) in [6.07, 6.45) is 14.9. The summed E-state index contributed by atoms with van der Waals surface area (Å²) >= 11 is 0. The van der Waals surface area contributed by atoms with Crippen LogP contribution < -0.4 is 0 Å². The average molecular weight is 266 g/mol. The Morgan fingerprint density at radius 3 is 2.68 bits per heavy atom. The van der Waals surface area contributed by atoms with Gasteiger partial charge in [-0.2, -0.15) is 0 Å². The molecule has 0 saturated heterocycles. The zero-order valence-electron chi connectivity index (χ0n) is 11.9. The van der Waals surface area contributed by atoms with E-state index in [0.29, 0.717) is 13.2 Å². The van der Waals surface area contributed by atoms with Crippen LogP contribution in [-0.2, 0) is 9.53 Å². The Hall–Kier alpha value is -1.31. The van der Waals surface area contributed by atoms with Crippen LogP contribution in [0.2, 0.25) is 0 Å². The number of hydrogen-bond acceptors (Lipinski definition) is 2. The van der Waals surface area contributed by atoms with Crippen LogP contribution in [0.15, 0.2) is 30.0 Å². The first-order chi connectivity index (χ1) is 9.27. The number of ether oxygens (including phenoxy) is 1. The number of carbonyl (C=O) groups is 1. The smallest absolute Gasteiger partial charge is 0.307 e. The van der Waals surface area contributed by atoms with Crippen LogP contribution >= 0.6 is 0 Å². The lowest BCUT2D eigenvalue weighted by Crippen LogP contribution is -1.92. The van der Waals surface area contributed by atoms with Crippen LogP contribution in [-0.4, -0.2) is 24.3 Å². The first-order valence-corrected chi connectivity index (χ1v) is 7.11. The molecule has 0 aliphatic carbocycles. The van der Waals surface area contributed by atoms with E-state index in [1.54, 1.807) is 6.08 Å². The average Bonchev–Trinajstić information content (AvgIpc) is 2.39. The number of carboxylic acid groups (broad SMARTS) is 1. The molecule has 0 aliphatic rings. The molecule has 3 nitrogen and oxygen atoms in total. The number of hydrogen-bond donors (Lipinski definition) is 1. The summed E-state index contributed by atoms with van der Waals surface area (Å²) in [5.41, 5.74) is 2.77. The van der Waals surface area contributed by atoms with E-state index in [9.17, 15) is 4.79 Å². The molecule has 108 valence electrons. The first kappa shape index (κ1) is 17.7. The topological polar surface area (TPSA) is 46.5 Å². The summed E-state index contributed by atoms with van der Waals surface area (Å²) in [4.78, 5) is 10.2. The van der Waals surface area contributed by atoms with Gasteiger partial charge in [0.1, 0.15) is 0 Å². The van der Waals surface area contributed by atoms with Crippen LogP contribution in [0.25, 0.3) is 0 Å². The maximum Gasteiger partial charge on any atom is 0.307 e. The number of carboxylic acids is 1. The van der Waals surface area contributed by atoms with Crippen molar-refractivity contribution in [1.82, 2.24) is 0 Å². The molecule has 0 rings (SSSR count). The summed E-state index contributed by atoms with van der Waals surface area (Å²) in [7, 11) is 0. The molecule has 0 amide bonds. The van der Waals surface area contributed by atoms with Gasteiger partial charge in [0.05, 0.1) is 19.6 Å². The Balaban J connectivity index is 3.28. The molecule has 0 fully saturated rings. The fraction of sp³-hybridized carbons (Fsp3) is 0.625. The van der Waals surface area contributed by atoms with Gasteiger partial charge < -0.3 is 9.84 Å². The lowest BCUT2D eigenvalue weighted by molar-refractivity contribution is -0.135. The molecule has 0 saturated carbocycles. The Bertz CT molecular complexity index is 299. The van der Waals surface area contributed by atoms with E-state index in [0.717, 1.165) is 12.8 Å². The Labute approximate surface area is 116 Å². The largest absolute Gasteiger partial charge is 0.481 e. The van der Waals surface area contributed by atoms with Crippen LogP contribution in [0.5, 0.6) is 0 Å². The lowest BCUT2D eigenvalue weighted by Gasteiger charge is -1.96. The summed E-state index contributed by atoms with van der Waals surface area (Å²) in [6, 6.07) is 0. The van der Waals surface area contributed by atoms with Gasteiger partial charge in [-0.25, -0.2) is 0 Å². The van der Waals surface area contributed by atoms with E-state index in [2.05, 4.69) is 24.8 Å². The molecular weight excluding hydrogens is 240 g/mol. The van der Waals surface area contributed by atoms with Crippen molar-refractivity contribution in [2.75, 3.05) is 13.2 Å². The zero-order valence-corrected chi connectivity index (χ0v) is 11.9. The second-order valence-electron chi connectivity index (χ2n) is 4.36. The summed E-state index contributed by atoms with van der Waals surface area (Å²) < 4.78 is 5.35. The van der Waals surface area contributed by atoms with E-state index in [1.807, 2.05) is 0 Å². The van der Waals surface area contributed by atoms with Gasteiger partial charge in [0.15, 0.2) is 0 Å². The predicted molar refractivity (Wildman–Crippen MR) is 78.2 cm³/mol. The van der Waals surface area contributed by atoms with Crippen LogP contribution in [0.1, 0.15) is 51.9 Å². The third-order valence-electron chi connectivity index (χ3n) is 2.53. The van der Waals surface area contributed by atoms with Gasteiger partial charge in [0, 0.05) is 0 Å².